The molecular formula is C43H87NO4. The summed E-state index contributed by atoms with van der Waals surface area (Å²) in [6.07, 6.45) is 45.0. The van der Waals surface area contributed by atoms with Gasteiger partial charge in [-0.15, -0.1) is 0 Å². The molecule has 0 aliphatic carbocycles. The Bertz CT molecular complexity index is 567. The number of hydrogen-bond acceptors (Lipinski definition) is 4. The fraction of sp³-hybridized carbons (Fsp3) is 0.977. The van der Waals surface area contributed by atoms with Gasteiger partial charge in [-0.1, -0.05) is 206 Å². The number of amides is 1. The van der Waals surface area contributed by atoms with E-state index in [0.29, 0.717) is 32.3 Å². The molecule has 0 rings (SSSR count). The van der Waals surface area contributed by atoms with E-state index in [1.54, 1.807) is 7.11 Å². The number of alkyl carbamates (subject to hydrolysis) is 1. The number of unbranched alkanes of at least 4 members (excludes halogenated alkanes) is 28. The van der Waals surface area contributed by atoms with Gasteiger partial charge in [-0.2, -0.15) is 0 Å². The van der Waals surface area contributed by atoms with Gasteiger partial charge in [-0.3, -0.25) is 0 Å². The Balaban J connectivity index is 4.00. The molecule has 5 heteroatoms. The summed E-state index contributed by atoms with van der Waals surface area (Å²) in [6.45, 7) is 7.53. The van der Waals surface area contributed by atoms with Crippen molar-refractivity contribution in [3.05, 3.63) is 0 Å². The second-order valence-electron chi connectivity index (χ2n) is 14.8. The summed E-state index contributed by atoms with van der Waals surface area (Å²) in [5, 5.41) is 3.08. The van der Waals surface area contributed by atoms with E-state index in [0.717, 1.165) is 13.0 Å². The van der Waals surface area contributed by atoms with Crippen LogP contribution >= 0.6 is 0 Å². The maximum atomic E-state index is 12.3. The van der Waals surface area contributed by atoms with Crippen LogP contribution in [-0.2, 0) is 14.2 Å². The van der Waals surface area contributed by atoms with Crippen LogP contribution in [0, 0.1) is 5.92 Å². The molecule has 0 aliphatic heterocycles. The average molecular weight is 682 g/mol. The van der Waals surface area contributed by atoms with Crippen LogP contribution in [-0.4, -0.2) is 46.2 Å². The highest BCUT2D eigenvalue weighted by Crippen LogP contribution is 2.20. The third-order valence-corrected chi connectivity index (χ3v) is 10.1. The zero-order valence-corrected chi connectivity index (χ0v) is 33.1. The van der Waals surface area contributed by atoms with E-state index < -0.39 is 0 Å². The number of nitrogens with one attached hydrogen (secondary N) is 1. The Morgan fingerprint density at radius 1 is 0.438 bits per heavy atom. The van der Waals surface area contributed by atoms with Crippen LogP contribution in [0.3, 0.4) is 0 Å². The van der Waals surface area contributed by atoms with Crippen molar-refractivity contribution in [3.63, 3.8) is 0 Å². The third kappa shape index (κ3) is 39.6. The molecule has 48 heavy (non-hydrogen) atoms. The van der Waals surface area contributed by atoms with E-state index >= 15 is 0 Å². The minimum absolute atomic E-state index is 0.273. The zero-order valence-electron chi connectivity index (χ0n) is 33.1. The van der Waals surface area contributed by atoms with E-state index in [-0.39, 0.29) is 6.09 Å². The van der Waals surface area contributed by atoms with Crippen molar-refractivity contribution in [1.29, 1.82) is 0 Å². The first-order chi connectivity index (χ1) is 23.7. The van der Waals surface area contributed by atoms with Gasteiger partial charge in [0, 0.05) is 26.7 Å². The second kappa shape index (κ2) is 42.4. The van der Waals surface area contributed by atoms with Crippen LogP contribution in [0.2, 0.25) is 0 Å². The highest BCUT2D eigenvalue weighted by Gasteiger charge is 2.11. The maximum Gasteiger partial charge on any atom is 0.407 e. The molecule has 0 radical (unpaired) electrons. The van der Waals surface area contributed by atoms with Crippen molar-refractivity contribution < 1.29 is 19.0 Å². The van der Waals surface area contributed by atoms with E-state index in [9.17, 15) is 4.79 Å². The average Bonchev–Trinajstić information content (AvgIpc) is 3.09. The lowest BCUT2D eigenvalue weighted by Crippen LogP contribution is -2.30. The number of carbonyl (C=O) groups is 1. The van der Waals surface area contributed by atoms with Gasteiger partial charge in [0.05, 0.1) is 19.8 Å². The predicted octanol–water partition coefficient (Wildman–Crippen LogP) is 13.9. The fourth-order valence-electron chi connectivity index (χ4n) is 6.81. The van der Waals surface area contributed by atoms with Gasteiger partial charge < -0.3 is 19.5 Å². The fourth-order valence-corrected chi connectivity index (χ4v) is 6.81. The maximum absolute atomic E-state index is 12.3. The van der Waals surface area contributed by atoms with Gasteiger partial charge in [-0.05, 0) is 18.8 Å². The molecule has 0 bridgehead atoms. The lowest BCUT2D eigenvalue weighted by Gasteiger charge is -2.18. The summed E-state index contributed by atoms with van der Waals surface area (Å²) in [7, 11) is 1.67. The standard InChI is InChI=1S/C43H87NO4/c1-4-6-8-10-12-14-16-18-20-22-24-26-28-30-32-35-42(41-44-43(45)48-38-34-37-47-40-39-46-3)36-33-31-29-27-25-23-21-19-17-15-13-11-9-7-5-2/h42H,4-41H2,1-3H3,(H,44,45). The quantitative estimate of drug-likeness (QED) is 0.0653. The molecule has 5 nitrogen and oxygen atoms in total. The van der Waals surface area contributed by atoms with E-state index in [1.165, 1.54) is 205 Å². The molecule has 0 aromatic carbocycles. The highest BCUT2D eigenvalue weighted by molar-refractivity contribution is 5.67. The highest BCUT2D eigenvalue weighted by atomic mass is 16.6. The molecule has 288 valence electrons. The van der Waals surface area contributed by atoms with Crippen LogP contribution in [0.4, 0.5) is 4.79 Å². The van der Waals surface area contributed by atoms with Gasteiger partial charge >= 0.3 is 6.09 Å². The lowest BCUT2D eigenvalue weighted by atomic mass is 9.94. The Labute approximate surface area is 301 Å². The smallest absolute Gasteiger partial charge is 0.407 e. The zero-order chi connectivity index (χ0) is 34.9. The van der Waals surface area contributed by atoms with Crippen LogP contribution in [0.25, 0.3) is 0 Å². The van der Waals surface area contributed by atoms with Gasteiger partial charge in [0.25, 0.3) is 0 Å². The van der Waals surface area contributed by atoms with Gasteiger partial charge in [0.15, 0.2) is 0 Å². The summed E-state index contributed by atoms with van der Waals surface area (Å²) < 4.78 is 15.8. The predicted molar refractivity (Wildman–Crippen MR) is 209 cm³/mol. The molecule has 0 aromatic rings. The largest absolute Gasteiger partial charge is 0.449 e. The normalized spacial score (nSPS) is 11.5. The van der Waals surface area contributed by atoms with Crippen molar-refractivity contribution in [1.82, 2.24) is 5.32 Å². The first-order valence-corrected chi connectivity index (χ1v) is 21.7. The summed E-state index contributed by atoms with van der Waals surface area (Å²) in [4.78, 5) is 12.3. The van der Waals surface area contributed by atoms with Gasteiger partial charge in [0.1, 0.15) is 0 Å². The van der Waals surface area contributed by atoms with Crippen molar-refractivity contribution in [2.45, 2.75) is 226 Å². The van der Waals surface area contributed by atoms with E-state index in [2.05, 4.69) is 19.2 Å². The Morgan fingerprint density at radius 3 is 1.15 bits per heavy atom. The molecule has 0 saturated carbocycles. The number of rotatable bonds is 41. The minimum Gasteiger partial charge on any atom is -0.449 e. The SMILES string of the molecule is CCCCCCCCCCCCCCCCCC(CCCCCCCCCCCCCCCCC)CNC(=O)OCCCOCCOC. The number of hydrogen-bond donors (Lipinski definition) is 1. The topological polar surface area (TPSA) is 56.8 Å². The molecule has 0 aromatic heterocycles. The molecule has 0 heterocycles. The molecule has 0 unspecified atom stereocenters. The Hall–Kier alpha value is -0.810. The van der Waals surface area contributed by atoms with Crippen molar-refractivity contribution in [2.75, 3.05) is 40.1 Å². The summed E-state index contributed by atoms with van der Waals surface area (Å²) in [6, 6.07) is 0. The van der Waals surface area contributed by atoms with Crippen LogP contribution in [0.1, 0.15) is 226 Å². The van der Waals surface area contributed by atoms with Crippen molar-refractivity contribution in [3.8, 4) is 0 Å². The van der Waals surface area contributed by atoms with Crippen molar-refractivity contribution in [2.24, 2.45) is 5.92 Å². The first-order valence-electron chi connectivity index (χ1n) is 21.7. The molecule has 1 amide bonds. The number of ether oxygens (including phenoxy) is 3. The summed E-state index contributed by atoms with van der Waals surface area (Å²) in [5.74, 6) is 0.568. The molecule has 0 atom stereocenters. The molecule has 0 aliphatic rings. The van der Waals surface area contributed by atoms with Crippen LogP contribution in [0.5, 0.6) is 0 Å². The monoisotopic (exact) mass is 682 g/mol. The molecule has 0 fully saturated rings. The number of methoxy groups -OCH3 is 1. The van der Waals surface area contributed by atoms with Crippen LogP contribution in [0.15, 0.2) is 0 Å². The third-order valence-electron chi connectivity index (χ3n) is 10.1. The first kappa shape index (κ1) is 47.2. The van der Waals surface area contributed by atoms with Gasteiger partial charge in [-0.25, -0.2) is 4.79 Å². The molecule has 1 N–H and O–H groups in total. The summed E-state index contributed by atoms with van der Waals surface area (Å²) in [5.41, 5.74) is 0. The minimum atomic E-state index is -0.273. The van der Waals surface area contributed by atoms with E-state index in [1.807, 2.05) is 0 Å². The molecule has 0 spiro atoms. The van der Waals surface area contributed by atoms with Crippen LogP contribution < -0.4 is 5.32 Å². The number of carbonyl (C=O) groups excluding carboxylic acids is 1. The molecular weight excluding hydrogens is 594 g/mol. The van der Waals surface area contributed by atoms with Gasteiger partial charge in [0.2, 0.25) is 0 Å². The second-order valence-corrected chi connectivity index (χ2v) is 14.8. The molecule has 0 saturated heterocycles. The lowest BCUT2D eigenvalue weighted by molar-refractivity contribution is 0.0595. The van der Waals surface area contributed by atoms with Crippen molar-refractivity contribution >= 4 is 6.09 Å². The Kier molecular flexibility index (Phi) is 41.6. The Morgan fingerprint density at radius 2 is 0.792 bits per heavy atom. The summed E-state index contributed by atoms with van der Waals surface area (Å²) >= 11 is 0. The van der Waals surface area contributed by atoms with E-state index in [4.69, 9.17) is 14.2 Å².